The third kappa shape index (κ3) is 7.17. The van der Waals surface area contributed by atoms with Crippen molar-refractivity contribution in [2.75, 3.05) is 0 Å². The maximum atomic E-state index is 6.46. The molecule has 19 heavy (non-hydrogen) atoms. The average Bonchev–Trinajstić information content (AvgIpc) is 2.42. The summed E-state index contributed by atoms with van der Waals surface area (Å²) in [7, 11) is 3.62. The first kappa shape index (κ1) is 16.8. The molecule has 0 bridgehead atoms. The average molecular weight is 294 g/mol. The Hall–Kier alpha value is -0.273. The summed E-state index contributed by atoms with van der Waals surface area (Å²) >= 11 is 6.46. The summed E-state index contributed by atoms with van der Waals surface area (Å²) in [5, 5.41) is 1.27. The van der Waals surface area contributed by atoms with Gasteiger partial charge in [-0.2, -0.15) is 0 Å². The van der Waals surface area contributed by atoms with Crippen molar-refractivity contribution in [3.8, 4) is 0 Å². The van der Waals surface area contributed by atoms with E-state index in [0.717, 1.165) is 11.6 Å². The van der Waals surface area contributed by atoms with E-state index in [1.54, 1.807) is 0 Å². The molecule has 0 nitrogen and oxygen atoms in total. The molecule has 1 aromatic carbocycles. The number of halogens is 1. The van der Waals surface area contributed by atoms with Gasteiger partial charge in [0.1, 0.15) is 0 Å². The van der Waals surface area contributed by atoms with Gasteiger partial charge < -0.3 is 0 Å². The van der Waals surface area contributed by atoms with Crippen LogP contribution in [0.5, 0.6) is 0 Å². The Morgan fingerprint density at radius 1 is 0.947 bits per heavy atom. The Morgan fingerprint density at radius 2 is 1.53 bits per heavy atom. The lowest BCUT2D eigenvalue weighted by atomic mass is 10.0. The number of benzene rings is 1. The van der Waals surface area contributed by atoms with Crippen molar-refractivity contribution in [1.29, 1.82) is 0 Å². The van der Waals surface area contributed by atoms with Crippen LogP contribution in [0.1, 0.15) is 75.7 Å². The van der Waals surface area contributed by atoms with E-state index < -0.39 is 0 Å². The minimum atomic E-state index is 0.147. The number of alkyl halides is 1. The molecule has 0 aliphatic heterocycles. The molecule has 0 fully saturated rings. The molecule has 0 N–H and O–H groups in total. The van der Waals surface area contributed by atoms with E-state index in [4.69, 9.17) is 11.6 Å². The monoisotopic (exact) mass is 293 g/mol. The maximum Gasteiger partial charge on any atom is 0.0716 e. The molecule has 105 valence electrons. The Balaban J connectivity index is 2.08. The van der Waals surface area contributed by atoms with E-state index in [-0.39, 0.29) is 5.38 Å². The zero-order valence-electron chi connectivity index (χ0n) is 12.1. The van der Waals surface area contributed by atoms with Gasteiger partial charge in [-0.3, -0.25) is 0 Å². The van der Waals surface area contributed by atoms with E-state index in [1.807, 2.05) is 6.07 Å². The molecule has 1 atom stereocenters. The van der Waals surface area contributed by atoms with Gasteiger partial charge >= 0.3 is 0 Å². The third-order valence-electron chi connectivity index (χ3n) is 3.61. The minimum absolute atomic E-state index is 0.147. The molecule has 0 amide bonds. The summed E-state index contributed by atoms with van der Waals surface area (Å²) < 4.78 is 0. The molecule has 1 aromatic rings. The molecule has 3 radical (unpaired) electrons. The van der Waals surface area contributed by atoms with Crippen LogP contribution < -0.4 is 5.19 Å². The predicted octanol–water partition coefficient (Wildman–Crippen LogP) is 5.29. The molecule has 0 aromatic heterocycles. The second-order valence-corrected chi connectivity index (χ2v) is 6.38. The zero-order chi connectivity index (χ0) is 13.9. The fourth-order valence-corrected chi connectivity index (χ4v) is 3.17. The molecular weight excluding hydrogens is 268 g/mol. The van der Waals surface area contributed by atoms with Gasteiger partial charge in [-0.05, 0) is 12.0 Å². The first-order chi connectivity index (χ1) is 9.25. The van der Waals surface area contributed by atoms with Gasteiger partial charge in [0.05, 0.1) is 15.6 Å². The first-order valence-electron chi connectivity index (χ1n) is 7.70. The lowest BCUT2D eigenvalue weighted by Gasteiger charge is -2.12. The Bertz CT molecular complexity index is 338. The topological polar surface area (TPSA) is 0 Å². The fourth-order valence-electron chi connectivity index (χ4n) is 2.38. The fraction of sp³-hybridized carbons (Fsp3) is 0.647. The molecular formula is C17H26ClSi. The van der Waals surface area contributed by atoms with Gasteiger partial charge in [-0.25, -0.2) is 0 Å². The van der Waals surface area contributed by atoms with Gasteiger partial charge in [0.2, 0.25) is 0 Å². The van der Waals surface area contributed by atoms with Crippen molar-refractivity contribution in [2.45, 2.75) is 70.1 Å². The van der Waals surface area contributed by atoms with Crippen molar-refractivity contribution in [1.82, 2.24) is 0 Å². The molecule has 2 heteroatoms. The Morgan fingerprint density at radius 3 is 2.16 bits per heavy atom. The van der Waals surface area contributed by atoms with E-state index in [2.05, 4.69) is 35.4 Å². The predicted molar refractivity (Wildman–Crippen MR) is 87.7 cm³/mol. The third-order valence-corrected chi connectivity index (χ3v) is 4.52. The zero-order valence-corrected chi connectivity index (χ0v) is 13.9. The Kier molecular flexibility index (Phi) is 9.28. The van der Waals surface area contributed by atoms with Crippen LogP contribution in [0.2, 0.25) is 0 Å². The van der Waals surface area contributed by atoms with Gasteiger partial charge in [-0.1, -0.05) is 87.7 Å². The molecule has 1 rings (SSSR count). The first-order valence-corrected chi connectivity index (χ1v) is 8.64. The normalized spacial score (nSPS) is 12.6. The van der Waals surface area contributed by atoms with Gasteiger partial charge in [0.25, 0.3) is 0 Å². The Labute approximate surface area is 127 Å². The van der Waals surface area contributed by atoms with E-state index in [1.165, 1.54) is 56.9 Å². The van der Waals surface area contributed by atoms with E-state index in [0.29, 0.717) is 0 Å². The van der Waals surface area contributed by atoms with Gasteiger partial charge in [0, 0.05) is 0 Å². The van der Waals surface area contributed by atoms with Crippen molar-refractivity contribution in [3.63, 3.8) is 0 Å². The van der Waals surface area contributed by atoms with Crippen LogP contribution in [0.25, 0.3) is 0 Å². The number of hydrogen-bond acceptors (Lipinski definition) is 0. The van der Waals surface area contributed by atoms with Gasteiger partial charge in [-0.15, -0.1) is 11.6 Å². The summed E-state index contributed by atoms with van der Waals surface area (Å²) in [5.74, 6) is 0. The summed E-state index contributed by atoms with van der Waals surface area (Å²) in [4.78, 5) is 0. The molecule has 0 saturated carbocycles. The van der Waals surface area contributed by atoms with Crippen molar-refractivity contribution >= 4 is 27.0 Å². The standard InChI is InChI=1S/C17H26ClSi/c1-2-3-4-5-6-7-8-9-13-16(18)15-12-10-11-14-17(15)19/h10-12,14,16H,2-9,13H2,1H3. The lowest BCUT2D eigenvalue weighted by Crippen LogP contribution is -2.11. The minimum Gasteiger partial charge on any atom is -0.118 e. The number of hydrogen-bond donors (Lipinski definition) is 0. The molecule has 0 aliphatic rings. The summed E-state index contributed by atoms with van der Waals surface area (Å²) in [6.07, 6.45) is 11.9. The van der Waals surface area contributed by atoms with E-state index in [9.17, 15) is 0 Å². The summed E-state index contributed by atoms with van der Waals surface area (Å²) in [6, 6.07) is 8.27. The van der Waals surface area contributed by atoms with Crippen LogP contribution in [-0.2, 0) is 0 Å². The van der Waals surface area contributed by atoms with Crippen molar-refractivity contribution in [2.24, 2.45) is 0 Å². The highest BCUT2D eigenvalue weighted by molar-refractivity contribution is 6.34. The van der Waals surface area contributed by atoms with Crippen LogP contribution in [0.3, 0.4) is 0 Å². The maximum absolute atomic E-state index is 6.46. The number of unbranched alkanes of at least 4 members (excludes halogenated alkanes) is 7. The van der Waals surface area contributed by atoms with Crippen LogP contribution in [-0.4, -0.2) is 10.2 Å². The largest absolute Gasteiger partial charge is 0.118 e. The van der Waals surface area contributed by atoms with E-state index >= 15 is 0 Å². The highest BCUT2D eigenvalue weighted by Crippen LogP contribution is 2.25. The quantitative estimate of drug-likeness (QED) is 0.312. The molecule has 1 unspecified atom stereocenters. The van der Waals surface area contributed by atoms with Gasteiger partial charge in [0.15, 0.2) is 0 Å². The summed E-state index contributed by atoms with van der Waals surface area (Å²) in [5.41, 5.74) is 1.23. The van der Waals surface area contributed by atoms with Crippen LogP contribution in [0.15, 0.2) is 24.3 Å². The molecule has 0 saturated heterocycles. The second-order valence-electron chi connectivity index (χ2n) is 5.32. The molecule has 0 heterocycles. The number of rotatable bonds is 10. The highest BCUT2D eigenvalue weighted by atomic mass is 35.5. The van der Waals surface area contributed by atoms with Crippen molar-refractivity contribution < 1.29 is 0 Å². The molecule has 0 aliphatic carbocycles. The van der Waals surface area contributed by atoms with Crippen LogP contribution >= 0.6 is 11.6 Å². The van der Waals surface area contributed by atoms with Crippen LogP contribution in [0.4, 0.5) is 0 Å². The van der Waals surface area contributed by atoms with Crippen molar-refractivity contribution in [3.05, 3.63) is 29.8 Å². The lowest BCUT2D eigenvalue weighted by molar-refractivity contribution is 0.562. The highest BCUT2D eigenvalue weighted by Gasteiger charge is 2.09. The SMILES string of the molecule is CCCCCCCCCCC(Cl)c1ccccc1[Si]. The summed E-state index contributed by atoms with van der Waals surface area (Å²) in [6.45, 7) is 2.27. The second kappa shape index (κ2) is 10.5. The van der Waals surface area contributed by atoms with Crippen LogP contribution in [0, 0.1) is 0 Å². The smallest absolute Gasteiger partial charge is 0.0716 e. The molecule has 0 spiro atoms.